The Hall–Kier alpha value is -1.70. The van der Waals surface area contributed by atoms with E-state index < -0.39 is 0 Å². The first-order valence-corrected chi connectivity index (χ1v) is 8.16. The zero-order valence-corrected chi connectivity index (χ0v) is 12.9. The summed E-state index contributed by atoms with van der Waals surface area (Å²) in [6, 6.07) is 9.64. The molecule has 2 rings (SSSR count). The van der Waals surface area contributed by atoms with Gasteiger partial charge in [-0.1, -0.05) is 69.7 Å². The van der Waals surface area contributed by atoms with E-state index in [1.807, 2.05) is 30.3 Å². The Morgan fingerprint density at radius 2 is 1.48 bits per heavy atom. The lowest BCUT2D eigenvalue weighted by molar-refractivity contribution is 0.403. The largest absolute Gasteiger partial charge is 0.504 e. The minimum Gasteiger partial charge on any atom is -0.504 e. The molecule has 0 atom stereocenters. The predicted octanol–water partition coefficient (Wildman–Crippen LogP) is 5.54. The van der Waals surface area contributed by atoms with Gasteiger partial charge in [-0.3, -0.25) is 0 Å². The zero-order chi connectivity index (χ0) is 15.1. The fourth-order valence-corrected chi connectivity index (χ4v) is 2.84. The lowest BCUT2D eigenvalue weighted by Crippen LogP contribution is -1.89. The number of rotatable bonds is 8. The van der Waals surface area contributed by atoms with Crippen molar-refractivity contribution in [1.82, 2.24) is 0 Å². The van der Waals surface area contributed by atoms with Crippen LogP contribution < -0.4 is 0 Å². The molecule has 0 saturated heterocycles. The van der Waals surface area contributed by atoms with Crippen LogP contribution in [-0.4, -0.2) is 10.2 Å². The maximum absolute atomic E-state index is 10.1. The van der Waals surface area contributed by atoms with Crippen molar-refractivity contribution >= 4 is 10.8 Å². The van der Waals surface area contributed by atoms with Crippen molar-refractivity contribution in [3.63, 3.8) is 0 Å². The Balaban J connectivity index is 1.91. The molecule has 0 saturated carbocycles. The quantitative estimate of drug-likeness (QED) is 0.494. The molecule has 0 aromatic heterocycles. The van der Waals surface area contributed by atoms with Gasteiger partial charge in [0.15, 0.2) is 11.5 Å². The molecule has 0 aliphatic rings. The molecular formula is C19H26O2. The number of phenols is 2. The van der Waals surface area contributed by atoms with Crippen molar-refractivity contribution in [1.29, 1.82) is 0 Å². The summed E-state index contributed by atoms with van der Waals surface area (Å²) in [5.41, 5.74) is 0.861. The standard InChI is InChI=1S/C19H26O2/c1-2-3-4-5-6-7-8-12-16-14-15-11-9-10-13-17(15)19(21)18(16)20/h9-11,13-14,20-21H,2-8,12H2,1H3. The summed E-state index contributed by atoms with van der Waals surface area (Å²) >= 11 is 0. The summed E-state index contributed by atoms with van der Waals surface area (Å²) in [5, 5.41) is 21.9. The topological polar surface area (TPSA) is 40.5 Å². The van der Waals surface area contributed by atoms with Crippen molar-refractivity contribution in [2.75, 3.05) is 0 Å². The van der Waals surface area contributed by atoms with E-state index in [0.29, 0.717) is 0 Å². The van der Waals surface area contributed by atoms with E-state index in [0.717, 1.165) is 29.2 Å². The highest BCUT2D eigenvalue weighted by Gasteiger charge is 2.11. The van der Waals surface area contributed by atoms with Crippen LogP contribution in [0.25, 0.3) is 10.8 Å². The number of aromatic hydroxyl groups is 2. The molecule has 0 amide bonds. The predicted molar refractivity (Wildman–Crippen MR) is 89.0 cm³/mol. The van der Waals surface area contributed by atoms with Gasteiger partial charge in [0.05, 0.1) is 0 Å². The van der Waals surface area contributed by atoms with Crippen LogP contribution in [0.3, 0.4) is 0 Å². The van der Waals surface area contributed by atoms with Gasteiger partial charge >= 0.3 is 0 Å². The Morgan fingerprint density at radius 3 is 2.24 bits per heavy atom. The molecule has 2 aromatic rings. The molecule has 0 aliphatic heterocycles. The van der Waals surface area contributed by atoms with Crippen LogP contribution in [0.2, 0.25) is 0 Å². The molecule has 2 heteroatoms. The average Bonchev–Trinajstić information content (AvgIpc) is 2.51. The lowest BCUT2D eigenvalue weighted by atomic mass is 9.99. The van der Waals surface area contributed by atoms with Crippen LogP contribution in [0, 0.1) is 0 Å². The molecule has 0 spiro atoms. The summed E-state index contributed by atoms with van der Waals surface area (Å²) < 4.78 is 0. The number of fused-ring (bicyclic) bond motifs is 1. The summed E-state index contributed by atoms with van der Waals surface area (Å²) in [6.07, 6.45) is 9.61. The van der Waals surface area contributed by atoms with E-state index in [-0.39, 0.29) is 11.5 Å². The molecule has 2 N–H and O–H groups in total. The van der Waals surface area contributed by atoms with E-state index in [9.17, 15) is 10.2 Å². The van der Waals surface area contributed by atoms with Gasteiger partial charge in [-0.25, -0.2) is 0 Å². The second-order valence-corrected chi connectivity index (χ2v) is 5.83. The molecule has 21 heavy (non-hydrogen) atoms. The van der Waals surface area contributed by atoms with E-state index in [2.05, 4.69) is 6.92 Å². The SMILES string of the molecule is CCCCCCCCCc1cc2ccccc2c(O)c1O. The van der Waals surface area contributed by atoms with Gasteiger partial charge in [-0.15, -0.1) is 0 Å². The van der Waals surface area contributed by atoms with Gasteiger partial charge in [-0.05, 0) is 29.9 Å². The molecule has 114 valence electrons. The fraction of sp³-hybridized carbons (Fsp3) is 0.474. The highest BCUT2D eigenvalue weighted by atomic mass is 16.3. The van der Waals surface area contributed by atoms with Gasteiger partial charge in [0.1, 0.15) is 0 Å². The van der Waals surface area contributed by atoms with Crippen molar-refractivity contribution in [2.45, 2.75) is 58.3 Å². The second-order valence-electron chi connectivity index (χ2n) is 5.83. The van der Waals surface area contributed by atoms with Gasteiger partial charge in [0.2, 0.25) is 0 Å². The molecule has 0 heterocycles. The summed E-state index contributed by atoms with van der Waals surface area (Å²) in [6.45, 7) is 2.23. The molecule has 0 bridgehead atoms. The number of benzene rings is 2. The number of hydrogen-bond acceptors (Lipinski definition) is 2. The maximum atomic E-state index is 10.1. The van der Waals surface area contributed by atoms with Gasteiger partial charge in [0, 0.05) is 5.39 Å². The third-order valence-electron chi connectivity index (χ3n) is 4.12. The van der Waals surface area contributed by atoms with Gasteiger partial charge in [0.25, 0.3) is 0 Å². The third-order valence-corrected chi connectivity index (χ3v) is 4.12. The first-order chi connectivity index (χ1) is 10.2. The van der Waals surface area contributed by atoms with Crippen molar-refractivity contribution < 1.29 is 10.2 Å². The molecular weight excluding hydrogens is 260 g/mol. The number of unbranched alkanes of at least 4 members (excludes halogenated alkanes) is 6. The monoisotopic (exact) mass is 286 g/mol. The van der Waals surface area contributed by atoms with Gasteiger partial charge in [-0.2, -0.15) is 0 Å². The highest BCUT2D eigenvalue weighted by Crippen LogP contribution is 2.37. The third kappa shape index (κ3) is 4.13. The first-order valence-electron chi connectivity index (χ1n) is 8.16. The normalized spacial score (nSPS) is 11.1. The van der Waals surface area contributed by atoms with Crippen LogP contribution in [-0.2, 0) is 6.42 Å². The summed E-state index contributed by atoms with van der Waals surface area (Å²) in [5.74, 6) is 0.0747. The summed E-state index contributed by atoms with van der Waals surface area (Å²) in [4.78, 5) is 0. The first kappa shape index (κ1) is 15.7. The fourth-order valence-electron chi connectivity index (χ4n) is 2.84. The van der Waals surface area contributed by atoms with E-state index in [4.69, 9.17) is 0 Å². The minimum atomic E-state index is 0.0195. The lowest BCUT2D eigenvalue weighted by Gasteiger charge is -2.10. The second kappa shape index (κ2) is 7.92. The number of phenolic OH excluding ortho intramolecular Hbond substituents is 2. The Kier molecular flexibility index (Phi) is 5.91. The maximum Gasteiger partial charge on any atom is 0.165 e. The van der Waals surface area contributed by atoms with Crippen molar-refractivity contribution in [3.8, 4) is 11.5 Å². The number of aryl methyl sites for hydroxylation is 1. The van der Waals surface area contributed by atoms with Crippen molar-refractivity contribution in [2.24, 2.45) is 0 Å². The van der Waals surface area contributed by atoms with Crippen LogP contribution in [0.5, 0.6) is 11.5 Å². The number of hydrogen-bond donors (Lipinski definition) is 2. The van der Waals surface area contributed by atoms with E-state index in [1.54, 1.807) is 0 Å². The molecule has 0 radical (unpaired) electrons. The zero-order valence-electron chi connectivity index (χ0n) is 12.9. The van der Waals surface area contributed by atoms with Crippen LogP contribution in [0.15, 0.2) is 30.3 Å². The highest BCUT2D eigenvalue weighted by molar-refractivity contribution is 5.91. The smallest absolute Gasteiger partial charge is 0.165 e. The van der Waals surface area contributed by atoms with Gasteiger partial charge < -0.3 is 10.2 Å². The Morgan fingerprint density at radius 1 is 0.810 bits per heavy atom. The van der Waals surface area contributed by atoms with Crippen LogP contribution >= 0.6 is 0 Å². The van der Waals surface area contributed by atoms with Crippen LogP contribution in [0.4, 0.5) is 0 Å². The minimum absolute atomic E-state index is 0.0195. The Bertz CT molecular complexity index is 575. The van der Waals surface area contributed by atoms with E-state index >= 15 is 0 Å². The molecule has 0 unspecified atom stereocenters. The van der Waals surface area contributed by atoms with E-state index in [1.165, 1.54) is 38.5 Å². The average molecular weight is 286 g/mol. The van der Waals surface area contributed by atoms with Crippen LogP contribution in [0.1, 0.15) is 57.4 Å². The molecule has 2 nitrogen and oxygen atoms in total. The summed E-state index contributed by atoms with van der Waals surface area (Å²) in [7, 11) is 0. The van der Waals surface area contributed by atoms with Crippen molar-refractivity contribution in [3.05, 3.63) is 35.9 Å². The molecule has 2 aromatic carbocycles. The molecule has 0 fully saturated rings. The molecule has 0 aliphatic carbocycles. The Labute approximate surface area is 127 Å².